The van der Waals surface area contributed by atoms with Crippen LogP contribution in [0.1, 0.15) is 24.0 Å². The average Bonchev–Trinajstić information content (AvgIpc) is 3.35. The van der Waals surface area contributed by atoms with Gasteiger partial charge in [-0.25, -0.2) is 9.78 Å². The zero-order valence-corrected chi connectivity index (χ0v) is 23.7. The van der Waals surface area contributed by atoms with E-state index in [2.05, 4.69) is 32.4 Å². The van der Waals surface area contributed by atoms with Crippen LogP contribution in [0.4, 0.5) is 22.2 Å². The lowest BCUT2D eigenvalue weighted by Crippen LogP contribution is -2.47. The van der Waals surface area contributed by atoms with Gasteiger partial charge in [-0.3, -0.25) is 19.5 Å². The standard InChI is InChI=1S/C27H35ClN8O4/c1-5-22(38)31-18-13-35(17-6-8-29-9-7-17)14-19(18)32-26-30-11-16-12-36(27(39)34(3)25(16)33-26)24-15(2)20(37)10-21(40-4)23(24)28/h5,10-11,17-19,29,37H,1,6-9,12-14H2,2-4H3,(H,31,38)(H,30,32,33). The number of amides is 3. The second kappa shape index (κ2) is 11.5. The molecule has 3 aliphatic heterocycles. The van der Waals surface area contributed by atoms with E-state index in [1.807, 2.05) is 0 Å². The fraction of sp³-hybridized carbons (Fsp3) is 0.481. The average molecular weight is 571 g/mol. The molecule has 0 spiro atoms. The molecule has 12 nitrogen and oxygen atoms in total. The molecule has 0 radical (unpaired) electrons. The Morgan fingerprint density at radius 2 is 2.02 bits per heavy atom. The van der Waals surface area contributed by atoms with Crippen molar-refractivity contribution < 1.29 is 19.4 Å². The molecule has 0 bridgehead atoms. The van der Waals surface area contributed by atoms with Gasteiger partial charge in [-0.15, -0.1) is 0 Å². The molecule has 214 valence electrons. The summed E-state index contributed by atoms with van der Waals surface area (Å²) in [5.74, 6) is 0.861. The van der Waals surface area contributed by atoms with Crippen LogP contribution in [0.2, 0.25) is 5.02 Å². The Hall–Kier alpha value is -3.61. The maximum absolute atomic E-state index is 13.5. The number of benzene rings is 1. The number of phenolic OH excluding ortho intramolecular Hbond substituents is 1. The third kappa shape index (κ3) is 5.26. The molecule has 2 saturated heterocycles. The molecule has 13 heteroatoms. The van der Waals surface area contributed by atoms with E-state index in [1.54, 1.807) is 20.2 Å². The smallest absolute Gasteiger partial charge is 0.330 e. The van der Waals surface area contributed by atoms with E-state index in [0.717, 1.165) is 32.5 Å². The minimum absolute atomic E-state index is 0.0264. The maximum atomic E-state index is 13.5. The fourth-order valence-corrected chi connectivity index (χ4v) is 6.10. The van der Waals surface area contributed by atoms with Crippen LogP contribution in [0.5, 0.6) is 11.5 Å². The molecule has 1 aromatic heterocycles. The van der Waals surface area contributed by atoms with E-state index < -0.39 is 0 Å². The molecule has 2 unspecified atom stereocenters. The summed E-state index contributed by atoms with van der Waals surface area (Å²) in [5, 5.41) is 20.5. The van der Waals surface area contributed by atoms with E-state index in [0.29, 0.717) is 41.2 Å². The van der Waals surface area contributed by atoms with Gasteiger partial charge in [0.05, 0.1) is 31.4 Å². The molecule has 2 fully saturated rings. The summed E-state index contributed by atoms with van der Waals surface area (Å²) in [6.07, 6.45) is 5.08. The first-order chi connectivity index (χ1) is 19.2. The van der Waals surface area contributed by atoms with Crippen molar-refractivity contribution in [3.05, 3.63) is 41.1 Å². The number of rotatable bonds is 7. The molecule has 5 rings (SSSR count). The van der Waals surface area contributed by atoms with Crippen LogP contribution < -0.4 is 30.5 Å². The second-order valence-corrected chi connectivity index (χ2v) is 10.7. The molecule has 0 saturated carbocycles. The highest BCUT2D eigenvalue weighted by Gasteiger charge is 2.38. The third-order valence-electron chi connectivity index (χ3n) is 7.93. The van der Waals surface area contributed by atoms with Gasteiger partial charge in [0.2, 0.25) is 11.9 Å². The van der Waals surface area contributed by atoms with Crippen molar-refractivity contribution in [2.75, 3.05) is 55.5 Å². The first-order valence-corrected chi connectivity index (χ1v) is 13.7. The van der Waals surface area contributed by atoms with Crippen molar-refractivity contribution in [1.29, 1.82) is 0 Å². The molecular weight excluding hydrogens is 536 g/mol. The Labute approximate surface area is 238 Å². The number of nitrogens with zero attached hydrogens (tertiary/aromatic N) is 5. The van der Waals surface area contributed by atoms with Crippen molar-refractivity contribution in [3.63, 3.8) is 0 Å². The summed E-state index contributed by atoms with van der Waals surface area (Å²) in [5.41, 5.74) is 1.54. The van der Waals surface area contributed by atoms with Crippen LogP contribution in [0.3, 0.4) is 0 Å². The van der Waals surface area contributed by atoms with Crippen LogP contribution in [0.25, 0.3) is 0 Å². The van der Waals surface area contributed by atoms with E-state index in [1.165, 1.54) is 29.1 Å². The molecule has 1 aromatic carbocycles. The first-order valence-electron chi connectivity index (χ1n) is 13.3. The third-order valence-corrected chi connectivity index (χ3v) is 8.29. The number of halogens is 1. The van der Waals surface area contributed by atoms with Crippen LogP contribution in [0, 0.1) is 6.92 Å². The van der Waals surface area contributed by atoms with E-state index in [-0.39, 0.29) is 47.1 Å². The van der Waals surface area contributed by atoms with Gasteiger partial charge in [-0.05, 0) is 38.9 Å². The van der Waals surface area contributed by atoms with Crippen LogP contribution >= 0.6 is 11.6 Å². The number of carbonyl (C=O) groups excluding carboxylic acids is 2. The number of hydrogen-bond donors (Lipinski definition) is 4. The lowest BCUT2D eigenvalue weighted by Gasteiger charge is -2.35. The predicted octanol–water partition coefficient (Wildman–Crippen LogP) is 2.25. The Kier molecular flexibility index (Phi) is 8.02. The molecule has 3 aliphatic rings. The lowest BCUT2D eigenvalue weighted by atomic mass is 10.1. The SMILES string of the molecule is C=CC(=O)NC1CN(C2CCNCC2)CC1Nc1ncc2c(n1)N(C)C(=O)N(c1c(C)c(O)cc(OC)c1Cl)C2. The molecule has 0 aliphatic carbocycles. The van der Waals surface area contributed by atoms with Crippen molar-refractivity contribution in [1.82, 2.24) is 25.5 Å². The predicted molar refractivity (Wildman–Crippen MR) is 153 cm³/mol. The normalized spacial score (nSPS) is 21.8. The molecule has 4 N–H and O–H groups in total. The van der Waals surface area contributed by atoms with Gasteiger partial charge < -0.3 is 25.8 Å². The number of aromatic nitrogens is 2. The number of likely N-dealkylation sites (tertiary alicyclic amines) is 1. The summed E-state index contributed by atoms with van der Waals surface area (Å²) in [4.78, 5) is 40.3. The second-order valence-electron chi connectivity index (χ2n) is 10.4. The minimum atomic E-state index is -0.358. The van der Waals surface area contributed by atoms with Crippen molar-refractivity contribution in [2.45, 2.75) is 44.4 Å². The summed E-state index contributed by atoms with van der Waals surface area (Å²) in [6.45, 7) is 8.85. The number of nitrogens with one attached hydrogen (secondary N) is 3. The maximum Gasteiger partial charge on any atom is 0.330 e. The van der Waals surface area contributed by atoms with Crippen LogP contribution in [-0.4, -0.2) is 90.4 Å². The van der Waals surface area contributed by atoms with E-state index in [4.69, 9.17) is 21.3 Å². The van der Waals surface area contributed by atoms with Crippen LogP contribution in [0.15, 0.2) is 24.9 Å². The lowest BCUT2D eigenvalue weighted by molar-refractivity contribution is -0.117. The Morgan fingerprint density at radius 1 is 1.30 bits per heavy atom. The number of hydrogen-bond acceptors (Lipinski definition) is 9. The molecule has 4 heterocycles. The number of aromatic hydroxyl groups is 1. The highest BCUT2D eigenvalue weighted by atomic mass is 35.5. The molecule has 40 heavy (non-hydrogen) atoms. The highest BCUT2D eigenvalue weighted by Crippen LogP contribution is 2.44. The van der Waals surface area contributed by atoms with Gasteiger partial charge >= 0.3 is 6.03 Å². The van der Waals surface area contributed by atoms with E-state index >= 15 is 0 Å². The van der Waals surface area contributed by atoms with Crippen molar-refractivity contribution >= 4 is 41.0 Å². The van der Waals surface area contributed by atoms with Crippen molar-refractivity contribution in [3.8, 4) is 11.5 Å². The molecule has 3 amide bonds. The number of urea groups is 1. The zero-order chi connectivity index (χ0) is 28.6. The summed E-state index contributed by atoms with van der Waals surface area (Å²) < 4.78 is 5.29. The van der Waals surface area contributed by atoms with Gasteiger partial charge in [0.1, 0.15) is 22.3 Å². The summed E-state index contributed by atoms with van der Waals surface area (Å²) in [7, 11) is 3.08. The molecule has 2 aromatic rings. The van der Waals surface area contributed by atoms with Gasteiger partial charge in [0.25, 0.3) is 0 Å². The largest absolute Gasteiger partial charge is 0.507 e. The number of ether oxygens (including phenoxy) is 1. The minimum Gasteiger partial charge on any atom is -0.507 e. The topological polar surface area (TPSA) is 135 Å². The Bertz CT molecular complexity index is 1320. The zero-order valence-electron chi connectivity index (χ0n) is 22.9. The van der Waals surface area contributed by atoms with E-state index in [9.17, 15) is 14.7 Å². The fourth-order valence-electron chi connectivity index (χ4n) is 5.73. The first kappa shape index (κ1) is 27.9. The Morgan fingerprint density at radius 3 is 2.73 bits per heavy atom. The van der Waals surface area contributed by atoms with Gasteiger partial charge in [-0.1, -0.05) is 18.2 Å². The van der Waals surface area contributed by atoms with Gasteiger partial charge in [0.15, 0.2) is 0 Å². The van der Waals surface area contributed by atoms with Gasteiger partial charge in [-0.2, -0.15) is 4.98 Å². The highest BCUT2D eigenvalue weighted by molar-refractivity contribution is 6.36. The van der Waals surface area contributed by atoms with Crippen LogP contribution in [-0.2, 0) is 11.3 Å². The monoisotopic (exact) mass is 570 g/mol. The number of anilines is 3. The molecule has 2 atom stereocenters. The number of carbonyl (C=O) groups is 2. The number of piperidine rings is 1. The van der Waals surface area contributed by atoms with Gasteiger partial charge in [0, 0.05) is 49.6 Å². The number of methoxy groups -OCH3 is 1. The van der Waals surface area contributed by atoms with Crippen molar-refractivity contribution in [2.24, 2.45) is 0 Å². The molecular formula is C27H35ClN8O4. The summed E-state index contributed by atoms with van der Waals surface area (Å²) in [6, 6.07) is 1.24. The number of fused-ring (bicyclic) bond motifs is 1. The number of phenols is 1. The summed E-state index contributed by atoms with van der Waals surface area (Å²) >= 11 is 6.57. The quantitative estimate of drug-likeness (QED) is 0.370. The Balaban J connectivity index is 1.39.